The molecular formula is C20H22N4O2. The van der Waals surface area contributed by atoms with E-state index in [1.165, 1.54) is 0 Å². The van der Waals surface area contributed by atoms with Crippen molar-refractivity contribution in [2.45, 2.75) is 32.3 Å². The topological polar surface area (TPSA) is 71.1 Å². The lowest BCUT2D eigenvalue weighted by Crippen LogP contribution is -2.44. The molecule has 1 unspecified atom stereocenters. The third-order valence-corrected chi connectivity index (χ3v) is 4.83. The number of rotatable bonds is 4. The Labute approximate surface area is 152 Å². The molecule has 3 heterocycles. The van der Waals surface area contributed by atoms with E-state index in [4.69, 9.17) is 4.74 Å². The van der Waals surface area contributed by atoms with Crippen LogP contribution in [0.25, 0.3) is 10.9 Å². The standard InChI is InChI=1S/C20H22N4O2/c1-2-14-11-22-20(23-12-14)26-17-4-3-9-24(13-17)19(25)16-5-6-18-15(10-16)7-8-21-18/h5-8,10-12,17,21H,2-4,9,13H2,1H3. The first kappa shape index (κ1) is 16.6. The van der Waals surface area contributed by atoms with Crippen LogP contribution in [0.4, 0.5) is 0 Å². The van der Waals surface area contributed by atoms with E-state index >= 15 is 0 Å². The minimum Gasteiger partial charge on any atom is -0.458 e. The number of aromatic nitrogens is 3. The fourth-order valence-electron chi connectivity index (χ4n) is 3.32. The quantitative estimate of drug-likeness (QED) is 0.784. The predicted octanol–water partition coefficient (Wildman–Crippen LogP) is 3.20. The number of carbonyl (C=O) groups is 1. The van der Waals surface area contributed by atoms with Gasteiger partial charge in [0.05, 0.1) is 6.54 Å². The second kappa shape index (κ2) is 7.15. The molecule has 0 aliphatic carbocycles. The average Bonchev–Trinajstić information content (AvgIpc) is 3.16. The Morgan fingerprint density at radius 1 is 1.31 bits per heavy atom. The first-order chi connectivity index (χ1) is 12.7. The lowest BCUT2D eigenvalue weighted by molar-refractivity contribution is 0.0516. The van der Waals surface area contributed by atoms with E-state index in [0.717, 1.165) is 42.3 Å². The van der Waals surface area contributed by atoms with Crippen molar-refractivity contribution in [2.75, 3.05) is 13.1 Å². The van der Waals surface area contributed by atoms with Gasteiger partial charge in [0, 0.05) is 41.6 Å². The van der Waals surface area contributed by atoms with Crippen LogP contribution in [0.3, 0.4) is 0 Å². The zero-order valence-electron chi connectivity index (χ0n) is 14.8. The van der Waals surface area contributed by atoms with Crippen LogP contribution in [0, 0.1) is 0 Å². The van der Waals surface area contributed by atoms with Crippen molar-refractivity contribution < 1.29 is 9.53 Å². The number of aromatic amines is 1. The average molecular weight is 350 g/mol. The Bertz CT molecular complexity index is 904. The largest absolute Gasteiger partial charge is 0.458 e. The van der Waals surface area contributed by atoms with E-state index < -0.39 is 0 Å². The highest BCUT2D eigenvalue weighted by Crippen LogP contribution is 2.20. The molecule has 1 aliphatic rings. The molecule has 0 spiro atoms. The Morgan fingerprint density at radius 3 is 2.96 bits per heavy atom. The summed E-state index contributed by atoms with van der Waals surface area (Å²) in [6, 6.07) is 8.12. The summed E-state index contributed by atoms with van der Waals surface area (Å²) in [7, 11) is 0. The van der Waals surface area contributed by atoms with Gasteiger partial charge < -0.3 is 14.6 Å². The molecule has 1 N–H and O–H groups in total. The van der Waals surface area contributed by atoms with Crippen molar-refractivity contribution in [3.63, 3.8) is 0 Å². The van der Waals surface area contributed by atoms with E-state index in [1.807, 2.05) is 35.4 Å². The van der Waals surface area contributed by atoms with Crippen molar-refractivity contribution in [1.82, 2.24) is 19.9 Å². The van der Waals surface area contributed by atoms with Gasteiger partial charge in [-0.05, 0) is 49.1 Å². The number of nitrogens with one attached hydrogen (secondary N) is 1. The number of H-pyrrole nitrogens is 1. The molecular weight excluding hydrogens is 328 g/mol. The molecule has 1 aromatic carbocycles. The summed E-state index contributed by atoms with van der Waals surface area (Å²) in [6.45, 7) is 3.37. The van der Waals surface area contributed by atoms with Gasteiger partial charge in [0.15, 0.2) is 0 Å². The highest BCUT2D eigenvalue weighted by Gasteiger charge is 2.26. The summed E-state index contributed by atoms with van der Waals surface area (Å²) in [5.74, 6) is 0.0450. The lowest BCUT2D eigenvalue weighted by atomic mass is 10.1. The molecule has 1 amide bonds. The molecule has 0 radical (unpaired) electrons. The molecule has 2 aromatic heterocycles. The number of benzene rings is 1. The van der Waals surface area contributed by atoms with Crippen LogP contribution >= 0.6 is 0 Å². The van der Waals surface area contributed by atoms with Crippen LogP contribution in [0.1, 0.15) is 35.7 Å². The van der Waals surface area contributed by atoms with Gasteiger partial charge in [-0.25, -0.2) is 9.97 Å². The fourth-order valence-corrected chi connectivity index (χ4v) is 3.32. The van der Waals surface area contributed by atoms with E-state index in [1.54, 1.807) is 12.4 Å². The third kappa shape index (κ3) is 3.40. The second-order valence-corrected chi connectivity index (χ2v) is 6.64. The Balaban J connectivity index is 1.44. The number of carbonyl (C=O) groups excluding carboxylic acids is 1. The van der Waals surface area contributed by atoms with Crippen LogP contribution in [0.5, 0.6) is 6.01 Å². The van der Waals surface area contributed by atoms with Crippen molar-refractivity contribution >= 4 is 16.8 Å². The number of hydrogen-bond acceptors (Lipinski definition) is 4. The Hall–Kier alpha value is -2.89. The number of nitrogens with zero attached hydrogens (tertiary/aromatic N) is 3. The summed E-state index contributed by atoms with van der Waals surface area (Å²) < 4.78 is 5.91. The van der Waals surface area contributed by atoms with Crippen LogP contribution in [0.2, 0.25) is 0 Å². The van der Waals surface area contributed by atoms with Crippen molar-refractivity contribution in [3.05, 3.63) is 54.0 Å². The van der Waals surface area contributed by atoms with E-state index in [-0.39, 0.29) is 12.0 Å². The summed E-state index contributed by atoms with van der Waals surface area (Å²) >= 11 is 0. The van der Waals surface area contributed by atoms with Gasteiger partial charge in [-0.15, -0.1) is 0 Å². The van der Waals surface area contributed by atoms with E-state index in [2.05, 4.69) is 21.9 Å². The van der Waals surface area contributed by atoms with Crippen LogP contribution in [0.15, 0.2) is 42.9 Å². The SMILES string of the molecule is CCc1cnc(OC2CCCN(C(=O)c3ccc4[nH]ccc4c3)C2)nc1. The number of fused-ring (bicyclic) bond motifs is 1. The summed E-state index contributed by atoms with van der Waals surface area (Å²) in [5, 5.41) is 1.05. The molecule has 4 rings (SSSR count). The Morgan fingerprint density at radius 2 is 2.15 bits per heavy atom. The number of aryl methyl sites for hydroxylation is 1. The fraction of sp³-hybridized carbons (Fsp3) is 0.350. The summed E-state index contributed by atoms with van der Waals surface area (Å²) in [4.78, 5) is 26.4. The summed E-state index contributed by atoms with van der Waals surface area (Å²) in [5.41, 5.74) is 2.83. The number of piperidine rings is 1. The predicted molar refractivity (Wildman–Crippen MR) is 99.3 cm³/mol. The lowest BCUT2D eigenvalue weighted by Gasteiger charge is -2.32. The maximum Gasteiger partial charge on any atom is 0.316 e. The number of hydrogen-bond donors (Lipinski definition) is 1. The van der Waals surface area contributed by atoms with Crippen LogP contribution in [-0.4, -0.2) is 45.0 Å². The molecule has 1 aliphatic heterocycles. The number of amides is 1. The maximum atomic E-state index is 12.9. The van der Waals surface area contributed by atoms with E-state index in [9.17, 15) is 4.79 Å². The molecule has 26 heavy (non-hydrogen) atoms. The van der Waals surface area contributed by atoms with Gasteiger partial charge >= 0.3 is 6.01 Å². The molecule has 1 atom stereocenters. The van der Waals surface area contributed by atoms with Gasteiger partial charge in [-0.2, -0.15) is 0 Å². The minimum atomic E-state index is -0.0730. The monoisotopic (exact) mass is 350 g/mol. The third-order valence-electron chi connectivity index (χ3n) is 4.83. The molecule has 0 saturated carbocycles. The normalized spacial score (nSPS) is 17.4. The van der Waals surface area contributed by atoms with Crippen LogP contribution in [-0.2, 0) is 6.42 Å². The number of likely N-dealkylation sites (tertiary alicyclic amines) is 1. The smallest absolute Gasteiger partial charge is 0.316 e. The molecule has 1 fully saturated rings. The summed E-state index contributed by atoms with van der Waals surface area (Å²) in [6.07, 6.45) is 8.11. The molecule has 0 bridgehead atoms. The van der Waals surface area contributed by atoms with E-state index in [0.29, 0.717) is 18.1 Å². The number of ether oxygens (including phenoxy) is 1. The minimum absolute atomic E-state index is 0.0450. The zero-order chi connectivity index (χ0) is 17.9. The first-order valence-corrected chi connectivity index (χ1v) is 9.07. The first-order valence-electron chi connectivity index (χ1n) is 9.07. The Kier molecular flexibility index (Phi) is 4.56. The zero-order valence-corrected chi connectivity index (χ0v) is 14.8. The van der Waals surface area contributed by atoms with Crippen molar-refractivity contribution in [3.8, 4) is 6.01 Å². The second-order valence-electron chi connectivity index (χ2n) is 6.64. The highest BCUT2D eigenvalue weighted by molar-refractivity contribution is 5.98. The molecule has 134 valence electrons. The van der Waals surface area contributed by atoms with Gasteiger partial charge in [0.2, 0.25) is 0 Å². The van der Waals surface area contributed by atoms with Gasteiger partial charge in [0.1, 0.15) is 6.10 Å². The van der Waals surface area contributed by atoms with Crippen molar-refractivity contribution in [1.29, 1.82) is 0 Å². The molecule has 6 heteroatoms. The van der Waals surface area contributed by atoms with Crippen molar-refractivity contribution in [2.24, 2.45) is 0 Å². The van der Waals surface area contributed by atoms with Gasteiger partial charge in [0.25, 0.3) is 5.91 Å². The van der Waals surface area contributed by atoms with Gasteiger partial charge in [-0.3, -0.25) is 4.79 Å². The molecule has 3 aromatic rings. The maximum absolute atomic E-state index is 12.9. The van der Waals surface area contributed by atoms with Crippen LogP contribution < -0.4 is 4.74 Å². The molecule has 1 saturated heterocycles. The molecule has 6 nitrogen and oxygen atoms in total. The van der Waals surface area contributed by atoms with Gasteiger partial charge in [-0.1, -0.05) is 6.92 Å². The highest BCUT2D eigenvalue weighted by atomic mass is 16.5.